The standard InChI is InChI=1S/C28H23N7O/c29-26-24(28(36)30-15-14-18-8-2-1-3-9-18)25-27(34-23-13-7-6-12-22(23)33-25)35(26)32-17-19-16-31-21-11-5-4-10-20(19)21/h1-13,16-17,31H,14-15,29H2,(H,30,36)/b32-17-. The lowest BCUT2D eigenvalue weighted by Gasteiger charge is -2.05. The number of hydrogen-bond acceptors (Lipinski definition) is 5. The van der Waals surface area contributed by atoms with Crippen LogP contribution < -0.4 is 11.1 Å². The number of hydrogen-bond donors (Lipinski definition) is 3. The van der Waals surface area contributed by atoms with Gasteiger partial charge >= 0.3 is 0 Å². The molecule has 3 aromatic carbocycles. The number of nitrogens with one attached hydrogen (secondary N) is 2. The van der Waals surface area contributed by atoms with E-state index in [1.54, 1.807) is 6.21 Å². The molecular weight excluding hydrogens is 450 g/mol. The number of carbonyl (C=O) groups is 1. The van der Waals surface area contributed by atoms with Gasteiger partial charge in [-0.3, -0.25) is 4.79 Å². The number of rotatable bonds is 6. The Morgan fingerprint density at radius 1 is 0.972 bits per heavy atom. The number of anilines is 1. The summed E-state index contributed by atoms with van der Waals surface area (Å²) in [6.45, 7) is 0.467. The van der Waals surface area contributed by atoms with Crippen LogP contribution >= 0.6 is 0 Å². The number of carbonyl (C=O) groups excluding carboxylic acids is 1. The summed E-state index contributed by atoms with van der Waals surface area (Å²) in [6.07, 6.45) is 4.30. The molecule has 0 unspecified atom stereocenters. The molecule has 8 nitrogen and oxygen atoms in total. The molecule has 6 aromatic rings. The summed E-state index contributed by atoms with van der Waals surface area (Å²) in [6, 6.07) is 25.5. The second kappa shape index (κ2) is 8.99. The second-order valence-corrected chi connectivity index (χ2v) is 8.48. The number of aromatic nitrogens is 4. The molecular formula is C28H23N7O. The minimum Gasteiger partial charge on any atom is -0.383 e. The predicted molar refractivity (Wildman–Crippen MR) is 143 cm³/mol. The Balaban J connectivity index is 1.40. The van der Waals surface area contributed by atoms with Gasteiger partial charge in [-0.25, -0.2) is 9.97 Å². The summed E-state index contributed by atoms with van der Waals surface area (Å²) >= 11 is 0. The van der Waals surface area contributed by atoms with Gasteiger partial charge in [-0.2, -0.15) is 9.78 Å². The fourth-order valence-corrected chi connectivity index (χ4v) is 4.36. The minimum absolute atomic E-state index is 0.189. The highest BCUT2D eigenvalue weighted by molar-refractivity contribution is 6.11. The maximum atomic E-state index is 13.3. The SMILES string of the molecule is Nc1c(C(=O)NCCc2ccccc2)c2nc3ccccc3nc2n1/N=C\c1c[nH]c2ccccc12. The van der Waals surface area contributed by atoms with E-state index in [4.69, 9.17) is 15.7 Å². The molecule has 0 radical (unpaired) electrons. The third-order valence-electron chi connectivity index (χ3n) is 6.18. The summed E-state index contributed by atoms with van der Waals surface area (Å²) in [7, 11) is 0. The maximum absolute atomic E-state index is 13.3. The van der Waals surface area contributed by atoms with Crippen LogP contribution in [0.3, 0.4) is 0 Å². The number of aromatic amines is 1. The quantitative estimate of drug-likeness (QED) is 0.309. The van der Waals surface area contributed by atoms with Gasteiger partial charge in [0.2, 0.25) is 0 Å². The molecule has 0 saturated heterocycles. The third kappa shape index (κ3) is 3.84. The van der Waals surface area contributed by atoms with Gasteiger partial charge in [0.05, 0.1) is 17.2 Å². The molecule has 4 N–H and O–H groups in total. The average molecular weight is 474 g/mol. The van der Waals surface area contributed by atoms with Crippen molar-refractivity contribution in [1.29, 1.82) is 0 Å². The van der Waals surface area contributed by atoms with Gasteiger partial charge < -0.3 is 16.0 Å². The van der Waals surface area contributed by atoms with Crippen LogP contribution in [0.15, 0.2) is 90.2 Å². The molecule has 0 bridgehead atoms. The van der Waals surface area contributed by atoms with E-state index < -0.39 is 0 Å². The van der Waals surface area contributed by atoms with Gasteiger partial charge in [0.1, 0.15) is 16.9 Å². The van der Waals surface area contributed by atoms with Crippen LogP contribution in [0.1, 0.15) is 21.5 Å². The highest BCUT2D eigenvalue weighted by atomic mass is 16.1. The summed E-state index contributed by atoms with van der Waals surface area (Å²) in [4.78, 5) is 26.0. The first-order valence-electron chi connectivity index (χ1n) is 11.7. The predicted octanol–water partition coefficient (Wildman–Crippen LogP) is 4.50. The molecule has 6 rings (SSSR count). The number of H-pyrrole nitrogens is 1. The van der Waals surface area contributed by atoms with E-state index in [2.05, 4.69) is 15.4 Å². The largest absolute Gasteiger partial charge is 0.383 e. The Kier molecular flexibility index (Phi) is 5.38. The molecule has 3 aromatic heterocycles. The summed E-state index contributed by atoms with van der Waals surface area (Å²) < 4.78 is 1.49. The van der Waals surface area contributed by atoms with Crippen LogP contribution in [-0.2, 0) is 6.42 Å². The number of para-hydroxylation sites is 3. The highest BCUT2D eigenvalue weighted by Gasteiger charge is 2.24. The first-order chi connectivity index (χ1) is 17.7. The van der Waals surface area contributed by atoms with Crippen LogP contribution in [0.5, 0.6) is 0 Å². The Labute approximate surface area is 206 Å². The van der Waals surface area contributed by atoms with Crippen molar-refractivity contribution in [1.82, 2.24) is 24.9 Å². The summed E-state index contributed by atoms with van der Waals surface area (Å²) in [5.41, 5.74) is 12.1. The van der Waals surface area contributed by atoms with Crippen LogP contribution in [0.25, 0.3) is 33.1 Å². The van der Waals surface area contributed by atoms with Gasteiger partial charge in [0.25, 0.3) is 5.91 Å². The molecule has 0 spiro atoms. The van der Waals surface area contributed by atoms with Gasteiger partial charge in [-0.05, 0) is 30.2 Å². The third-order valence-corrected chi connectivity index (χ3v) is 6.18. The summed E-state index contributed by atoms with van der Waals surface area (Å²) in [5.74, 6) is -0.118. The molecule has 0 saturated carbocycles. The van der Waals surface area contributed by atoms with Crippen molar-refractivity contribution >= 4 is 51.0 Å². The topological polar surface area (TPSA) is 114 Å². The number of fused-ring (bicyclic) bond motifs is 3. The van der Waals surface area contributed by atoms with E-state index in [0.29, 0.717) is 35.2 Å². The van der Waals surface area contributed by atoms with Crippen molar-refractivity contribution < 1.29 is 4.79 Å². The number of amides is 1. The summed E-state index contributed by atoms with van der Waals surface area (Å²) in [5, 5.41) is 8.64. The van der Waals surface area contributed by atoms with Crippen molar-refractivity contribution in [3.63, 3.8) is 0 Å². The number of nitrogen functional groups attached to an aromatic ring is 1. The first kappa shape index (κ1) is 21.5. The molecule has 0 aliphatic rings. The van der Waals surface area contributed by atoms with Gasteiger partial charge in [0.15, 0.2) is 5.65 Å². The number of benzene rings is 3. The van der Waals surface area contributed by atoms with Crippen LogP contribution in [0.4, 0.5) is 5.82 Å². The Bertz CT molecular complexity index is 1750. The van der Waals surface area contributed by atoms with E-state index in [1.807, 2.05) is 85.1 Å². The molecule has 3 heterocycles. The van der Waals surface area contributed by atoms with Crippen molar-refractivity contribution in [3.8, 4) is 0 Å². The van der Waals surface area contributed by atoms with Crippen molar-refractivity contribution in [3.05, 3.63) is 102 Å². The van der Waals surface area contributed by atoms with E-state index in [-0.39, 0.29) is 17.3 Å². The van der Waals surface area contributed by atoms with Crippen LogP contribution in [0, 0.1) is 0 Å². The molecule has 8 heteroatoms. The second-order valence-electron chi connectivity index (χ2n) is 8.48. The van der Waals surface area contributed by atoms with E-state index in [1.165, 1.54) is 4.68 Å². The lowest BCUT2D eigenvalue weighted by atomic mass is 10.1. The average Bonchev–Trinajstić information content (AvgIpc) is 3.44. The monoisotopic (exact) mass is 473 g/mol. The Morgan fingerprint density at radius 3 is 2.53 bits per heavy atom. The lowest BCUT2D eigenvalue weighted by Crippen LogP contribution is -2.26. The van der Waals surface area contributed by atoms with E-state index in [0.717, 1.165) is 22.0 Å². The first-order valence-corrected chi connectivity index (χ1v) is 11.7. The molecule has 0 aliphatic carbocycles. The molecule has 36 heavy (non-hydrogen) atoms. The zero-order valence-electron chi connectivity index (χ0n) is 19.3. The van der Waals surface area contributed by atoms with Crippen molar-refractivity contribution in [2.75, 3.05) is 12.3 Å². The fourth-order valence-electron chi connectivity index (χ4n) is 4.36. The van der Waals surface area contributed by atoms with Gasteiger partial charge in [0, 0.05) is 29.2 Å². The minimum atomic E-state index is -0.306. The van der Waals surface area contributed by atoms with Gasteiger partial charge in [-0.15, -0.1) is 0 Å². The number of nitrogens with two attached hydrogens (primary N) is 1. The molecule has 176 valence electrons. The molecule has 1 amide bonds. The normalized spacial score (nSPS) is 11.7. The van der Waals surface area contributed by atoms with Crippen LogP contribution in [-0.4, -0.2) is 38.3 Å². The Hall–Kier alpha value is -4.98. The van der Waals surface area contributed by atoms with Crippen LogP contribution in [0.2, 0.25) is 0 Å². The Morgan fingerprint density at radius 2 is 1.69 bits per heavy atom. The lowest BCUT2D eigenvalue weighted by molar-refractivity contribution is 0.0956. The maximum Gasteiger partial charge on any atom is 0.257 e. The van der Waals surface area contributed by atoms with Crippen molar-refractivity contribution in [2.45, 2.75) is 6.42 Å². The van der Waals surface area contributed by atoms with E-state index in [9.17, 15) is 4.79 Å². The molecule has 0 atom stereocenters. The number of nitrogens with zero attached hydrogens (tertiary/aromatic N) is 4. The zero-order valence-corrected chi connectivity index (χ0v) is 19.3. The highest BCUT2D eigenvalue weighted by Crippen LogP contribution is 2.28. The molecule has 0 fully saturated rings. The zero-order chi connectivity index (χ0) is 24.5. The van der Waals surface area contributed by atoms with E-state index >= 15 is 0 Å². The molecule has 0 aliphatic heterocycles. The smallest absolute Gasteiger partial charge is 0.257 e. The van der Waals surface area contributed by atoms with Gasteiger partial charge in [-0.1, -0.05) is 60.7 Å². The fraction of sp³-hybridized carbons (Fsp3) is 0.0714. The van der Waals surface area contributed by atoms with Crippen molar-refractivity contribution in [2.24, 2.45) is 5.10 Å².